The van der Waals surface area contributed by atoms with Crippen LogP contribution >= 0.6 is 7.75 Å². The van der Waals surface area contributed by atoms with Gasteiger partial charge in [-0.1, -0.05) is 18.2 Å². The monoisotopic (exact) mass is 528 g/mol. The zero-order chi connectivity index (χ0) is 26.5. The highest BCUT2D eigenvalue weighted by molar-refractivity contribution is 7.52. The summed E-state index contributed by atoms with van der Waals surface area (Å²) >= 11 is 0. The van der Waals surface area contributed by atoms with Crippen LogP contribution in [0.25, 0.3) is 0 Å². The summed E-state index contributed by atoms with van der Waals surface area (Å²) in [5, 5.41) is 33.0. The normalized spacial score (nSPS) is 26.1. The number of rotatable bonds is 11. The topological polar surface area (TPSA) is 191 Å². The van der Waals surface area contributed by atoms with Gasteiger partial charge < -0.3 is 24.2 Å². The molecule has 0 amide bonds. The molecule has 2 aromatic rings. The summed E-state index contributed by atoms with van der Waals surface area (Å²) in [5.41, 5.74) is -1.13. The van der Waals surface area contributed by atoms with E-state index in [0.29, 0.717) is 0 Å². The average molecular weight is 528 g/mol. The van der Waals surface area contributed by atoms with Crippen molar-refractivity contribution in [3.63, 3.8) is 0 Å². The van der Waals surface area contributed by atoms with E-state index in [1.807, 2.05) is 0 Å². The molecule has 0 aliphatic carbocycles. The van der Waals surface area contributed by atoms with Crippen LogP contribution in [0.5, 0.6) is 5.75 Å². The van der Waals surface area contributed by atoms with Gasteiger partial charge in [-0.05, 0) is 39.0 Å². The predicted molar refractivity (Wildman–Crippen MR) is 124 cm³/mol. The maximum absolute atomic E-state index is 13.5. The van der Waals surface area contributed by atoms with E-state index in [1.165, 1.54) is 38.2 Å². The van der Waals surface area contributed by atoms with Crippen molar-refractivity contribution in [3.8, 4) is 5.75 Å². The summed E-state index contributed by atoms with van der Waals surface area (Å²) in [5.74, 6) is -0.640. The minimum Gasteiger partial charge on any atom is -0.465 e. The maximum atomic E-state index is 13.5. The van der Waals surface area contributed by atoms with Crippen LogP contribution in [0.3, 0.4) is 0 Å². The second kappa shape index (κ2) is 11.5. The zero-order valence-corrected chi connectivity index (χ0v) is 20.7. The van der Waals surface area contributed by atoms with Crippen LogP contribution in [0.4, 0.5) is 5.82 Å². The number of hydrogen-bond donors (Lipinski definition) is 5. The van der Waals surface area contributed by atoms with E-state index in [4.69, 9.17) is 23.7 Å². The highest BCUT2D eigenvalue weighted by atomic mass is 31.2. The van der Waals surface area contributed by atoms with Crippen LogP contribution in [0, 0.1) is 0 Å². The quantitative estimate of drug-likeness (QED) is 0.156. The maximum Gasteiger partial charge on any atom is 0.459 e. The molecule has 0 radical (unpaired) electrons. The van der Waals surface area contributed by atoms with E-state index in [2.05, 4.69) is 10.1 Å². The standard InChI is InChI=1S/C21H29N4O10P/c1-4-32-18(27)13(2)24-36(31,35-14-8-6-5-7-9-14)33-12-15-17(26)21(3,29)19(34-15)25-11-10-16(23-30)22-20(25)28/h5-11,13,15,17,19,26,29-30H,4,12H2,1-3H3,(H,24,31)(H,22,23,28)/t13-,15?,17+,19-,21?,36?/m1/s1. The number of ether oxygens (including phenoxy) is 2. The number of nitrogens with zero attached hydrogens (tertiary/aromatic N) is 2. The molecule has 1 fully saturated rings. The molecule has 15 heteroatoms. The first kappa shape index (κ1) is 27.7. The van der Waals surface area contributed by atoms with E-state index in [-0.39, 0.29) is 18.2 Å². The molecular weight excluding hydrogens is 499 g/mol. The number of aromatic nitrogens is 2. The predicted octanol–water partition coefficient (Wildman–Crippen LogP) is 0.799. The molecule has 3 rings (SSSR count). The Morgan fingerprint density at radius 1 is 1.33 bits per heavy atom. The molecule has 14 nitrogen and oxygen atoms in total. The average Bonchev–Trinajstić information content (AvgIpc) is 3.06. The highest BCUT2D eigenvalue weighted by Crippen LogP contribution is 2.46. The minimum absolute atomic E-state index is 0.109. The van der Waals surface area contributed by atoms with Gasteiger partial charge in [0.2, 0.25) is 0 Å². The van der Waals surface area contributed by atoms with Gasteiger partial charge in [-0.3, -0.25) is 24.6 Å². The van der Waals surface area contributed by atoms with Crippen LogP contribution in [0.1, 0.15) is 27.0 Å². The first-order chi connectivity index (χ1) is 17.0. The molecule has 5 N–H and O–H groups in total. The highest BCUT2D eigenvalue weighted by Gasteiger charge is 2.54. The Hall–Kier alpha value is -2.84. The van der Waals surface area contributed by atoms with Gasteiger partial charge in [-0.2, -0.15) is 10.1 Å². The first-order valence-corrected chi connectivity index (χ1v) is 12.5. The SMILES string of the molecule is CCOC(=O)[C@@H](C)NP(=O)(OCC1O[C@@H](n2ccc(NO)nc2=O)C(C)(O)[C@H]1O)Oc1ccccc1. The number of esters is 1. The second-order valence-corrected chi connectivity index (χ2v) is 9.81. The van der Waals surface area contributed by atoms with Crippen molar-refractivity contribution in [1.29, 1.82) is 0 Å². The van der Waals surface area contributed by atoms with Crippen LogP contribution in [-0.2, 0) is 23.4 Å². The lowest BCUT2D eigenvalue weighted by Crippen LogP contribution is -2.46. The lowest BCUT2D eigenvalue weighted by atomic mass is 9.96. The van der Waals surface area contributed by atoms with Crippen LogP contribution in [-0.4, -0.2) is 68.0 Å². The summed E-state index contributed by atoms with van der Waals surface area (Å²) in [6.45, 7) is 3.83. The molecule has 1 aliphatic heterocycles. The molecule has 1 aromatic heterocycles. The van der Waals surface area contributed by atoms with Gasteiger partial charge in [0.1, 0.15) is 29.6 Å². The van der Waals surface area contributed by atoms with Gasteiger partial charge in [-0.15, -0.1) is 0 Å². The Labute approximate surface area is 206 Å². The molecule has 2 heterocycles. The first-order valence-electron chi connectivity index (χ1n) is 11.0. The Balaban J connectivity index is 1.79. The Bertz CT molecular complexity index is 1150. The van der Waals surface area contributed by atoms with Gasteiger partial charge in [0.25, 0.3) is 0 Å². The fourth-order valence-corrected chi connectivity index (χ4v) is 4.97. The summed E-state index contributed by atoms with van der Waals surface area (Å²) in [4.78, 5) is 28.0. The number of nitrogens with one attached hydrogen (secondary N) is 2. The third-order valence-electron chi connectivity index (χ3n) is 5.32. The summed E-state index contributed by atoms with van der Waals surface area (Å²) < 4.78 is 36.1. The van der Waals surface area contributed by atoms with Crippen molar-refractivity contribution in [3.05, 3.63) is 53.1 Å². The van der Waals surface area contributed by atoms with Gasteiger partial charge in [-0.25, -0.2) is 9.36 Å². The zero-order valence-electron chi connectivity index (χ0n) is 19.8. The van der Waals surface area contributed by atoms with Crippen molar-refractivity contribution < 1.29 is 43.3 Å². The van der Waals surface area contributed by atoms with E-state index >= 15 is 0 Å². The second-order valence-electron chi connectivity index (χ2n) is 8.11. The van der Waals surface area contributed by atoms with Gasteiger partial charge in [0.15, 0.2) is 12.0 Å². The van der Waals surface area contributed by atoms with Crippen LogP contribution in [0.15, 0.2) is 47.4 Å². The number of anilines is 1. The van der Waals surface area contributed by atoms with E-state index in [1.54, 1.807) is 30.6 Å². The summed E-state index contributed by atoms with van der Waals surface area (Å²) in [6.07, 6.45) is -3.04. The van der Waals surface area contributed by atoms with Crippen molar-refractivity contribution in [2.24, 2.45) is 0 Å². The number of carbonyl (C=O) groups is 1. The molecule has 1 saturated heterocycles. The molecule has 198 valence electrons. The number of aliphatic hydroxyl groups excluding tert-OH is 1. The third kappa shape index (κ3) is 6.28. The van der Waals surface area contributed by atoms with Gasteiger partial charge in [0.05, 0.1) is 13.2 Å². The molecule has 0 saturated carbocycles. The summed E-state index contributed by atoms with van der Waals surface area (Å²) in [6, 6.07) is 8.23. The molecule has 3 unspecified atom stereocenters. The number of benzene rings is 1. The molecule has 1 aliphatic rings. The molecular formula is C21H29N4O10P. The van der Waals surface area contributed by atoms with Crippen LogP contribution < -0.4 is 20.8 Å². The number of carbonyl (C=O) groups excluding carboxylic acids is 1. The Kier molecular flexibility index (Phi) is 8.84. The van der Waals surface area contributed by atoms with Crippen LogP contribution in [0.2, 0.25) is 0 Å². The van der Waals surface area contributed by atoms with E-state index < -0.39 is 56.1 Å². The molecule has 1 aromatic carbocycles. The van der Waals surface area contributed by atoms with E-state index in [0.717, 1.165) is 4.57 Å². The third-order valence-corrected chi connectivity index (χ3v) is 6.96. The fourth-order valence-electron chi connectivity index (χ4n) is 3.47. The van der Waals surface area contributed by atoms with E-state index in [9.17, 15) is 24.4 Å². The largest absolute Gasteiger partial charge is 0.465 e. The lowest BCUT2D eigenvalue weighted by molar-refractivity contribution is -0.144. The fraction of sp³-hybridized carbons (Fsp3) is 0.476. The minimum atomic E-state index is -4.25. The molecule has 6 atom stereocenters. The Morgan fingerprint density at radius 2 is 2.03 bits per heavy atom. The summed E-state index contributed by atoms with van der Waals surface area (Å²) in [7, 11) is -4.25. The van der Waals surface area contributed by atoms with Crippen molar-refractivity contribution in [2.75, 3.05) is 18.7 Å². The number of hydrogen-bond acceptors (Lipinski definition) is 12. The van der Waals surface area contributed by atoms with Crippen molar-refractivity contribution in [2.45, 2.75) is 50.8 Å². The van der Waals surface area contributed by atoms with Crippen molar-refractivity contribution in [1.82, 2.24) is 14.6 Å². The lowest BCUT2D eigenvalue weighted by Gasteiger charge is -2.27. The van der Waals surface area contributed by atoms with Gasteiger partial charge in [0, 0.05) is 6.20 Å². The Morgan fingerprint density at radius 3 is 2.64 bits per heavy atom. The molecule has 0 spiro atoms. The molecule has 36 heavy (non-hydrogen) atoms. The van der Waals surface area contributed by atoms with Crippen molar-refractivity contribution >= 4 is 19.5 Å². The van der Waals surface area contributed by atoms with Gasteiger partial charge >= 0.3 is 19.4 Å². The smallest absolute Gasteiger partial charge is 0.459 e. The number of para-hydroxylation sites is 1. The number of aliphatic hydroxyl groups is 2. The molecule has 0 bridgehead atoms.